The first-order chi connectivity index (χ1) is 15.1. The largest absolute Gasteiger partial charge is 0.490 e. The molecule has 0 bridgehead atoms. The third-order valence-corrected chi connectivity index (χ3v) is 6.00. The first-order valence-electron chi connectivity index (χ1n) is 10.9. The van der Waals surface area contributed by atoms with E-state index in [0.717, 1.165) is 19.3 Å². The van der Waals surface area contributed by atoms with Crippen molar-refractivity contribution in [3.63, 3.8) is 0 Å². The molecule has 2 amide bonds. The number of anilines is 1. The maximum Gasteiger partial charge on any atom is 0.255 e. The third-order valence-electron chi connectivity index (χ3n) is 5.76. The van der Waals surface area contributed by atoms with Gasteiger partial charge in [-0.1, -0.05) is 30.9 Å². The molecule has 0 radical (unpaired) electrons. The van der Waals surface area contributed by atoms with Crippen LogP contribution in [0.5, 0.6) is 11.5 Å². The Labute approximate surface area is 187 Å². The SMILES string of the molecule is O=C(Nc1ccc(Cl)cc1C(=O)NCC1CCCCC1)c1ccc2c(c1)OCCCO2. The van der Waals surface area contributed by atoms with Crippen LogP contribution in [-0.4, -0.2) is 31.6 Å². The van der Waals surface area contributed by atoms with Gasteiger partial charge in [0.15, 0.2) is 11.5 Å². The fourth-order valence-electron chi connectivity index (χ4n) is 4.04. The fraction of sp³-hybridized carbons (Fsp3) is 0.417. The van der Waals surface area contributed by atoms with E-state index in [1.54, 1.807) is 36.4 Å². The summed E-state index contributed by atoms with van der Waals surface area (Å²) in [5.74, 6) is 1.12. The Kier molecular flexibility index (Phi) is 6.97. The highest BCUT2D eigenvalue weighted by molar-refractivity contribution is 6.31. The van der Waals surface area contributed by atoms with Crippen LogP contribution in [0.1, 0.15) is 59.2 Å². The van der Waals surface area contributed by atoms with Crippen LogP contribution in [0.3, 0.4) is 0 Å². The Hall–Kier alpha value is -2.73. The predicted molar refractivity (Wildman–Crippen MR) is 120 cm³/mol. The highest BCUT2D eigenvalue weighted by atomic mass is 35.5. The van der Waals surface area contributed by atoms with E-state index in [1.165, 1.54) is 19.3 Å². The van der Waals surface area contributed by atoms with E-state index in [-0.39, 0.29) is 11.8 Å². The molecule has 164 valence electrons. The molecule has 1 fully saturated rings. The summed E-state index contributed by atoms with van der Waals surface area (Å²) in [5.41, 5.74) is 1.20. The average Bonchev–Trinajstić information content (AvgIpc) is 3.04. The molecule has 1 heterocycles. The van der Waals surface area contributed by atoms with Gasteiger partial charge in [0.1, 0.15) is 0 Å². The van der Waals surface area contributed by atoms with E-state index in [9.17, 15) is 9.59 Å². The van der Waals surface area contributed by atoms with E-state index >= 15 is 0 Å². The number of carbonyl (C=O) groups is 2. The van der Waals surface area contributed by atoms with Crippen LogP contribution < -0.4 is 20.1 Å². The number of fused-ring (bicyclic) bond motifs is 1. The molecule has 0 spiro atoms. The van der Waals surface area contributed by atoms with Gasteiger partial charge in [-0.05, 0) is 55.2 Å². The van der Waals surface area contributed by atoms with E-state index in [1.807, 2.05) is 0 Å². The molecule has 0 atom stereocenters. The summed E-state index contributed by atoms with van der Waals surface area (Å²) in [4.78, 5) is 25.7. The van der Waals surface area contributed by atoms with Crippen molar-refractivity contribution in [2.24, 2.45) is 5.92 Å². The van der Waals surface area contributed by atoms with Crippen molar-refractivity contribution in [3.05, 3.63) is 52.5 Å². The minimum Gasteiger partial charge on any atom is -0.490 e. The highest BCUT2D eigenvalue weighted by Gasteiger charge is 2.19. The van der Waals surface area contributed by atoms with Gasteiger partial charge in [-0.15, -0.1) is 0 Å². The van der Waals surface area contributed by atoms with E-state index in [0.29, 0.717) is 59.0 Å². The number of carbonyl (C=O) groups excluding carboxylic acids is 2. The van der Waals surface area contributed by atoms with Gasteiger partial charge in [0.25, 0.3) is 11.8 Å². The average molecular weight is 443 g/mol. The molecule has 1 aliphatic carbocycles. The molecule has 1 aliphatic heterocycles. The summed E-state index contributed by atoms with van der Waals surface area (Å²) < 4.78 is 11.3. The zero-order chi connectivity index (χ0) is 21.6. The van der Waals surface area contributed by atoms with Gasteiger partial charge < -0.3 is 20.1 Å². The summed E-state index contributed by atoms with van der Waals surface area (Å²) in [6, 6.07) is 9.97. The molecular weight excluding hydrogens is 416 g/mol. The van der Waals surface area contributed by atoms with Gasteiger partial charge in [0.05, 0.1) is 24.5 Å². The van der Waals surface area contributed by atoms with Crippen molar-refractivity contribution >= 4 is 29.1 Å². The number of amides is 2. The standard InChI is InChI=1S/C24H27ClN2O4/c25-18-8-9-20(19(14-18)24(29)26-15-16-5-2-1-3-6-16)27-23(28)17-7-10-21-22(13-17)31-12-4-11-30-21/h7-10,13-14,16H,1-6,11-12,15H2,(H,26,29)(H,27,28). The van der Waals surface area contributed by atoms with Crippen LogP contribution in [0.4, 0.5) is 5.69 Å². The Balaban J connectivity index is 1.47. The minimum absolute atomic E-state index is 0.234. The van der Waals surface area contributed by atoms with Crippen LogP contribution in [0, 0.1) is 5.92 Å². The molecule has 0 aromatic heterocycles. The van der Waals surface area contributed by atoms with Crippen molar-refractivity contribution < 1.29 is 19.1 Å². The van der Waals surface area contributed by atoms with Crippen LogP contribution >= 0.6 is 11.6 Å². The van der Waals surface area contributed by atoms with Crippen LogP contribution in [0.2, 0.25) is 5.02 Å². The second kappa shape index (κ2) is 10.1. The lowest BCUT2D eigenvalue weighted by molar-refractivity contribution is 0.0944. The summed E-state index contributed by atoms with van der Waals surface area (Å²) >= 11 is 6.14. The van der Waals surface area contributed by atoms with E-state index in [4.69, 9.17) is 21.1 Å². The maximum absolute atomic E-state index is 12.9. The molecule has 2 aliphatic rings. The summed E-state index contributed by atoms with van der Waals surface area (Å²) in [6.45, 7) is 1.77. The molecule has 7 heteroatoms. The lowest BCUT2D eigenvalue weighted by atomic mass is 9.89. The number of hydrogen-bond donors (Lipinski definition) is 2. The summed E-state index contributed by atoms with van der Waals surface area (Å²) in [7, 11) is 0. The van der Waals surface area contributed by atoms with E-state index in [2.05, 4.69) is 10.6 Å². The smallest absolute Gasteiger partial charge is 0.255 e. The lowest BCUT2D eigenvalue weighted by Gasteiger charge is -2.22. The third kappa shape index (κ3) is 5.50. The minimum atomic E-state index is -0.334. The maximum atomic E-state index is 12.9. The van der Waals surface area contributed by atoms with Crippen LogP contribution in [0.15, 0.2) is 36.4 Å². The Morgan fingerprint density at radius 2 is 1.68 bits per heavy atom. The zero-order valence-electron chi connectivity index (χ0n) is 17.4. The first-order valence-corrected chi connectivity index (χ1v) is 11.3. The van der Waals surface area contributed by atoms with E-state index < -0.39 is 0 Å². The van der Waals surface area contributed by atoms with Crippen molar-refractivity contribution in [2.45, 2.75) is 38.5 Å². The molecule has 0 saturated heterocycles. The number of nitrogens with one attached hydrogen (secondary N) is 2. The fourth-order valence-corrected chi connectivity index (χ4v) is 4.21. The van der Waals surface area contributed by atoms with Gasteiger partial charge in [0, 0.05) is 23.6 Å². The van der Waals surface area contributed by atoms with Crippen molar-refractivity contribution in [1.82, 2.24) is 5.32 Å². The number of rotatable bonds is 5. The molecule has 4 rings (SSSR count). The van der Waals surface area contributed by atoms with Crippen molar-refractivity contribution in [1.29, 1.82) is 0 Å². The second-order valence-corrected chi connectivity index (χ2v) is 8.51. The van der Waals surface area contributed by atoms with Crippen molar-refractivity contribution in [3.8, 4) is 11.5 Å². The zero-order valence-corrected chi connectivity index (χ0v) is 18.2. The van der Waals surface area contributed by atoms with Crippen LogP contribution in [-0.2, 0) is 0 Å². The number of halogens is 1. The molecule has 31 heavy (non-hydrogen) atoms. The molecule has 2 N–H and O–H groups in total. The quantitative estimate of drug-likeness (QED) is 0.678. The molecule has 0 unspecified atom stereocenters. The summed E-state index contributed by atoms with van der Waals surface area (Å²) in [6.07, 6.45) is 6.78. The number of hydrogen-bond acceptors (Lipinski definition) is 4. The molecular formula is C24H27ClN2O4. The van der Waals surface area contributed by atoms with Gasteiger partial charge in [-0.25, -0.2) is 0 Å². The first kappa shape index (κ1) is 21.5. The van der Waals surface area contributed by atoms with Gasteiger partial charge >= 0.3 is 0 Å². The van der Waals surface area contributed by atoms with Gasteiger partial charge in [-0.3, -0.25) is 9.59 Å². The molecule has 2 aromatic rings. The predicted octanol–water partition coefficient (Wildman–Crippen LogP) is 5.06. The Bertz CT molecular complexity index is 957. The highest BCUT2D eigenvalue weighted by Crippen LogP contribution is 2.31. The van der Waals surface area contributed by atoms with Gasteiger partial charge in [0.2, 0.25) is 0 Å². The van der Waals surface area contributed by atoms with Crippen LogP contribution in [0.25, 0.3) is 0 Å². The van der Waals surface area contributed by atoms with Crippen molar-refractivity contribution in [2.75, 3.05) is 25.1 Å². The second-order valence-electron chi connectivity index (χ2n) is 8.07. The molecule has 1 saturated carbocycles. The Morgan fingerprint density at radius 3 is 2.48 bits per heavy atom. The molecule has 6 nitrogen and oxygen atoms in total. The topological polar surface area (TPSA) is 76.7 Å². The summed E-state index contributed by atoms with van der Waals surface area (Å²) in [5, 5.41) is 6.29. The normalized spacial score (nSPS) is 16.3. The number of benzene rings is 2. The number of ether oxygens (including phenoxy) is 2. The molecule has 2 aromatic carbocycles. The Morgan fingerprint density at radius 1 is 0.903 bits per heavy atom. The van der Waals surface area contributed by atoms with Gasteiger partial charge in [-0.2, -0.15) is 0 Å². The lowest BCUT2D eigenvalue weighted by Crippen LogP contribution is -2.31. The monoisotopic (exact) mass is 442 g/mol.